The molecule has 0 spiro atoms. The van der Waals surface area contributed by atoms with Gasteiger partial charge in [0, 0.05) is 25.0 Å². The minimum absolute atomic E-state index is 0.0723. The highest BCUT2D eigenvalue weighted by atomic mass is 16.5. The highest BCUT2D eigenvalue weighted by molar-refractivity contribution is 5.80. The smallest absolute Gasteiger partial charge is 0.193 e. The molecule has 1 saturated heterocycles. The number of nitrogens with one attached hydrogen (secondary N) is 1. The monoisotopic (exact) mass is 353 g/mol. The number of hydrogen-bond donors (Lipinski definition) is 2. The van der Waals surface area contributed by atoms with Crippen molar-refractivity contribution in [2.24, 2.45) is 10.4 Å². The fraction of sp³-hybridized carbons (Fsp3) is 0.950. The summed E-state index contributed by atoms with van der Waals surface area (Å²) in [7, 11) is 0. The lowest BCUT2D eigenvalue weighted by Crippen LogP contribution is -2.48. The number of ether oxygens (including phenoxy) is 1. The van der Waals surface area contributed by atoms with Crippen LogP contribution in [0.1, 0.15) is 73.1 Å². The van der Waals surface area contributed by atoms with Crippen LogP contribution < -0.4 is 5.32 Å². The first-order chi connectivity index (χ1) is 11.7. The first-order valence-electron chi connectivity index (χ1n) is 10.1. The van der Waals surface area contributed by atoms with E-state index < -0.39 is 0 Å². The highest BCUT2D eigenvalue weighted by Gasteiger charge is 2.35. The molecule has 2 atom stereocenters. The third kappa shape index (κ3) is 6.14. The van der Waals surface area contributed by atoms with E-state index in [1.807, 2.05) is 0 Å². The Bertz CT molecular complexity index is 439. The number of guanidine groups is 1. The van der Waals surface area contributed by atoms with Crippen molar-refractivity contribution >= 4 is 5.96 Å². The van der Waals surface area contributed by atoms with Crippen LogP contribution in [0.2, 0.25) is 0 Å². The van der Waals surface area contributed by atoms with E-state index in [9.17, 15) is 5.11 Å². The normalized spacial score (nSPS) is 29.8. The number of hydrogen-bond acceptors (Lipinski definition) is 3. The predicted molar refractivity (Wildman–Crippen MR) is 104 cm³/mol. The third-order valence-corrected chi connectivity index (χ3v) is 5.47. The molecule has 25 heavy (non-hydrogen) atoms. The van der Waals surface area contributed by atoms with Gasteiger partial charge in [-0.05, 0) is 53.4 Å². The van der Waals surface area contributed by atoms with Crippen LogP contribution in [0.5, 0.6) is 0 Å². The Hall–Kier alpha value is -0.810. The molecule has 2 rings (SSSR count). The Labute approximate surface area is 154 Å². The molecule has 0 aromatic heterocycles. The SMILES string of the molecule is CCNC(=NCC1(C)CCCCC1O)N1CCC(OC(C)(C)C)CC1. The molecule has 1 heterocycles. The van der Waals surface area contributed by atoms with E-state index in [1.54, 1.807) is 0 Å². The molecule has 0 aromatic rings. The molecule has 0 amide bonds. The first kappa shape index (κ1) is 20.5. The quantitative estimate of drug-likeness (QED) is 0.602. The van der Waals surface area contributed by atoms with Gasteiger partial charge in [0.2, 0.25) is 0 Å². The van der Waals surface area contributed by atoms with Crippen molar-refractivity contribution in [1.82, 2.24) is 10.2 Å². The number of aliphatic hydroxyl groups excluding tert-OH is 1. The van der Waals surface area contributed by atoms with Gasteiger partial charge in [0.15, 0.2) is 5.96 Å². The van der Waals surface area contributed by atoms with Gasteiger partial charge in [0.1, 0.15) is 0 Å². The largest absolute Gasteiger partial charge is 0.392 e. The topological polar surface area (TPSA) is 57.1 Å². The van der Waals surface area contributed by atoms with Gasteiger partial charge in [-0.15, -0.1) is 0 Å². The molecule has 2 N–H and O–H groups in total. The second-order valence-electron chi connectivity index (χ2n) is 9.00. The zero-order valence-electron chi connectivity index (χ0n) is 17.0. The highest BCUT2D eigenvalue weighted by Crippen LogP contribution is 2.36. The molecule has 1 saturated carbocycles. The van der Waals surface area contributed by atoms with Crippen molar-refractivity contribution in [3.8, 4) is 0 Å². The molecule has 1 aliphatic heterocycles. The van der Waals surface area contributed by atoms with E-state index in [1.165, 1.54) is 6.42 Å². The van der Waals surface area contributed by atoms with Gasteiger partial charge in [-0.2, -0.15) is 0 Å². The zero-order valence-corrected chi connectivity index (χ0v) is 17.0. The minimum atomic E-state index is -0.223. The number of likely N-dealkylation sites (tertiary alicyclic amines) is 1. The van der Waals surface area contributed by atoms with E-state index >= 15 is 0 Å². The van der Waals surface area contributed by atoms with E-state index in [4.69, 9.17) is 9.73 Å². The molecule has 2 unspecified atom stereocenters. The fourth-order valence-electron chi connectivity index (χ4n) is 3.93. The van der Waals surface area contributed by atoms with Crippen LogP contribution in [0.15, 0.2) is 4.99 Å². The third-order valence-electron chi connectivity index (χ3n) is 5.47. The maximum Gasteiger partial charge on any atom is 0.193 e. The summed E-state index contributed by atoms with van der Waals surface area (Å²) >= 11 is 0. The lowest BCUT2D eigenvalue weighted by molar-refractivity contribution is -0.0773. The molecule has 2 aliphatic rings. The molecule has 1 aliphatic carbocycles. The summed E-state index contributed by atoms with van der Waals surface area (Å²) in [4.78, 5) is 7.27. The summed E-state index contributed by atoms with van der Waals surface area (Å²) in [5.74, 6) is 0.996. The molecule has 2 fully saturated rings. The van der Waals surface area contributed by atoms with Gasteiger partial charge in [-0.3, -0.25) is 4.99 Å². The molecular formula is C20H39N3O2. The van der Waals surface area contributed by atoms with Crippen LogP contribution in [0.25, 0.3) is 0 Å². The van der Waals surface area contributed by atoms with E-state index in [2.05, 4.69) is 44.8 Å². The predicted octanol–water partition coefficient (Wildman–Crippen LogP) is 3.17. The number of aliphatic hydroxyl groups is 1. The Balaban J connectivity index is 1.94. The summed E-state index contributed by atoms with van der Waals surface area (Å²) in [5, 5.41) is 13.8. The maximum atomic E-state index is 10.4. The number of nitrogens with zero attached hydrogens (tertiary/aromatic N) is 2. The maximum absolute atomic E-state index is 10.4. The molecular weight excluding hydrogens is 314 g/mol. The van der Waals surface area contributed by atoms with Crippen molar-refractivity contribution in [2.75, 3.05) is 26.2 Å². The molecule has 0 bridgehead atoms. The molecule has 5 heteroatoms. The standard InChI is InChI=1S/C20H39N3O2/c1-6-21-18(22-15-20(5)12-8-7-9-17(20)24)23-13-10-16(11-14-23)25-19(2,3)4/h16-17,24H,6-15H2,1-5H3,(H,21,22). The van der Waals surface area contributed by atoms with Gasteiger partial charge in [-0.25, -0.2) is 0 Å². The van der Waals surface area contributed by atoms with Crippen LogP contribution in [-0.4, -0.2) is 60.0 Å². The van der Waals surface area contributed by atoms with Crippen molar-refractivity contribution < 1.29 is 9.84 Å². The van der Waals surface area contributed by atoms with Crippen molar-refractivity contribution in [1.29, 1.82) is 0 Å². The molecule has 146 valence electrons. The summed E-state index contributed by atoms with van der Waals surface area (Å²) in [6.07, 6.45) is 6.53. The lowest BCUT2D eigenvalue weighted by Gasteiger charge is -2.39. The van der Waals surface area contributed by atoms with Gasteiger partial charge in [0.25, 0.3) is 0 Å². The zero-order chi connectivity index (χ0) is 18.5. The average molecular weight is 354 g/mol. The molecule has 5 nitrogen and oxygen atoms in total. The molecule has 0 radical (unpaired) electrons. The van der Waals surface area contributed by atoms with Crippen LogP contribution in [0.4, 0.5) is 0 Å². The van der Waals surface area contributed by atoms with Crippen molar-refractivity contribution in [3.63, 3.8) is 0 Å². The lowest BCUT2D eigenvalue weighted by atomic mass is 9.73. The second-order valence-corrected chi connectivity index (χ2v) is 9.00. The van der Waals surface area contributed by atoms with Crippen LogP contribution in [0.3, 0.4) is 0 Å². The Morgan fingerprint density at radius 2 is 1.92 bits per heavy atom. The van der Waals surface area contributed by atoms with E-state index in [0.29, 0.717) is 12.6 Å². The average Bonchev–Trinajstić information content (AvgIpc) is 2.54. The Kier molecular flexibility index (Phi) is 7.15. The Morgan fingerprint density at radius 3 is 2.48 bits per heavy atom. The minimum Gasteiger partial charge on any atom is -0.392 e. The van der Waals surface area contributed by atoms with Crippen molar-refractivity contribution in [2.45, 2.75) is 91.0 Å². The van der Waals surface area contributed by atoms with Gasteiger partial charge in [0.05, 0.1) is 24.4 Å². The number of rotatable bonds is 4. The van der Waals surface area contributed by atoms with Crippen LogP contribution >= 0.6 is 0 Å². The summed E-state index contributed by atoms with van der Waals surface area (Å²) in [6.45, 7) is 14.2. The first-order valence-corrected chi connectivity index (χ1v) is 10.1. The number of aliphatic imine (C=N–C) groups is 1. The van der Waals surface area contributed by atoms with E-state index in [-0.39, 0.29) is 17.1 Å². The second kappa shape index (κ2) is 8.72. The van der Waals surface area contributed by atoms with Crippen LogP contribution in [0, 0.1) is 5.41 Å². The Morgan fingerprint density at radius 1 is 1.24 bits per heavy atom. The molecule has 0 aromatic carbocycles. The fourth-order valence-corrected chi connectivity index (χ4v) is 3.93. The van der Waals surface area contributed by atoms with E-state index in [0.717, 1.165) is 57.7 Å². The summed E-state index contributed by atoms with van der Waals surface area (Å²) < 4.78 is 6.13. The van der Waals surface area contributed by atoms with Gasteiger partial charge < -0.3 is 20.1 Å². The van der Waals surface area contributed by atoms with Crippen LogP contribution in [-0.2, 0) is 4.74 Å². The summed E-state index contributed by atoms with van der Waals surface area (Å²) in [5.41, 5.74) is -0.149. The van der Waals surface area contributed by atoms with Gasteiger partial charge >= 0.3 is 0 Å². The number of piperidine rings is 1. The van der Waals surface area contributed by atoms with Gasteiger partial charge in [-0.1, -0.05) is 19.8 Å². The van der Waals surface area contributed by atoms with Crippen molar-refractivity contribution in [3.05, 3.63) is 0 Å². The summed E-state index contributed by atoms with van der Waals surface area (Å²) in [6, 6.07) is 0.